The maximum atomic E-state index is 11.9. The van der Waals surface area contributed by atoms with Crippen LogP contribution in [0.15, 0.2) is 0 Å². The fourth-order valence-electron chi connectivity index (χ4n) is 1.94. The molecule has 1 heterocycles. The largest absolute Gasteiger partial charge is 0.465 e. The van der Waals surface area contributed by atoms with E-state index in [1.807, 2.05) is 20.8 Å². The molecule has 0 aromatic carbocycles. The molecule has 0 saturated heterocycles. The first-order valence-corrected chi connectivity index (χ1v) is 7.37. The van der Waals surface area contributed by atoms with Crippen LogP contribution in [0.1, 0.15) is 53.9 Å². The Morgan fingerprint density at radius 3 is 2.53 bits per heavy atom. The van der Waals surface area contributed by atoms with Gasteiger partial charge in [0.15, 0.2) is 0 Å². The number of amides is 1. The molecule has 0 aliphatic carbocycles. The maximum absolute atomic E-state index is 11.9. The topological polar surface area (TPSA) is 55.4 Å². The van der Waals surface area contributed by atoms with E-state index in [0.29, 0.717) is 17.0 Å². The van der Waals surface area contributed by atoms with Gasteiger partial charge in [-0.1, -0.05) is 20.3 Å². The fraction of sp³-hybridized carbons (Fsp3) is 0.571. The molecule has 1 rings (SSSR count). The van der Waals surface area contributed by atoms with Gasteiger partial charge in [-0.3, -0.25) is 4.79 Å². The summed E-state index contributed by atoms with van der Waals surface area (Å²) in [5.41, 5.74) is 1.47. The van der Waals surface area contributed by atoms with Crippen molar-refractivity contribution in [2.24, 2.45) is 0 Å². The van der Waals surface area contributed by atoms with Gasteiger partial charge in [0.05, 0.1) is 12.7 Å². The van der Waals surface area contributed by atoms with Gasteiger partial charge >= 0.3 is 5.97 Å². The number of rotatable bonds is 6. The number of unbranched alkanes of at least 4 members (excludes halogenated alkanes) is 1. The zero-order valence-electron chi connectivity index (χ0n) is 12.0. The second-order valence-electron chi connectivity index (χ2n) is 4.34. The number of carbonyl (C=O) groups is 2. The monoisotopic (exact) mass is 283 g/mol. The highest BCUT2D eigenvalue weighted by atomic mass is 32.1. The fourth-order valence-corrected chi connectivity index (χ4v) is 3.09. The molecule has 0 bridgehead atoms. The molecule has 1 N–H and O–H groups in total. The van der Waals surface area contributed by atoms with E-state index in [9.17, 15) is 9.59 Å². The van der Waals surface area contributed by atoms with Crippen LogP contribution in [0.3, 0.4) is 0 Å². The number of nitrogens with one attached hydrogen (secondary N) is 1. The molecule has 106 valence electrons. The number of esters is 1. The predicted molar refractivity (Wildman–Crippen MR) is 77.9 cm³/mol. The van der Waals surface area contributed by atoms with Gasteiger partial charge in [-0.15, -0.1) is 11.3 Å². The van der Waals surface area contributed by atoms with E-state index in [2.05, 4.69) is 5.32 Å². The summed E-state index contributed by atoms with van der Waals surface area (Å²) in [6.07, 6.45) is 3.05. The van der Waals surface area contributed by atoms with Crippen LogP contribution in [-0.2, 0) is 16.0 Å². The lowest BCUT2D eigenvalue weighted by Gasteiger charge is -2.06. The summed E-state index contributed by atoms with van der Waals surface area (Å²) in [4.78, 5) is 24.7. The molecule has 19 heavy (non-hydrogen) atoms. The number of aryl methyl sites for hydroxylation is 1. The molecule has 0 unspecified atom stereocenters. The smallest absolute Gasteiger partial charge is 0.341 e. The number of hydrogen-bond acceptors (Lipinski definition) is 4. The molecular formula is C14H21NO3S. The Labute approximate surface area is 118 Å². The summed E-state index contributed by atoms with van der Waals surface area (Å²) < 4.78 is 4.81. The molecule has 0 aliphatic heterocycles. The summed E-state index contributed by atoms with van der Waals surface area (Å²) >= 11 is 1.44. The maximum Gasteiger partial charge on any atom is 0.341 e. The summed E-state index contributed by atoms with van der Waals surface area (Å²) in [6.45, 7) is 5.99. The van der Waals surface area contributed by atoms with Crippen LogP contribution in [0.25, 0.3) is 0 Å². The van der Waals surface area contributed by atoms with Gasteiger partial charge in [-0.25, -0.2) is 4.79 Å². The average Bonchev–Trinajstić information content (AvgIpc) is 2.70. The van der Waals surface area contributed by atoms with Gasteiger partial charge in [-0.2, -0.15) is 0 Å². The minimum Gasteiger partial charge on any atom is -0.465 e. The quantitative estimate of drug-likeness (QED) is 0.812. The van der Waals surface area contributed by atoms with Crippen LogP contribution in [0, 0.1) is 6.92 Å². The van der Waals surface area contributed by atoms with Gasteiger partial charge in [0.2, 0.25) is 5.91 Å². The van der Waals surface area contributed by atoms with Gasteiger partial charge in [0, 0.05) is 11.3 Å². The predicted octanol–water partition coefficient (Wildman–Crippen LogP) is 3.53. The van der Waals surface area contributed by atoms with E-state index in [1.54, 1.807) is 0 Å². The Kier molecular flexibility index (Phi) is 6.02. The summed E-state index contributed by atoms with van der Waals surface area (Å²) in [5.74, 6) is -0.428. The Hall–Kier alpha value is -1.36. The average molecular weight is 283 g/mol. The first-order chi connectivity index (χ1) is 9.04. The molecule has 0 spiro atoms. The molecular weight excluding hydrogens is 262 g/mol. The van der Waals surface area contributed by atoms with E-state index >= 15 is 0 Å². The highest BCUT2D eigenvalue weighted by Gasteiger charge is 2.22. The van der Waals surface area contributed by atoms with Crippen molar-refractivity contribution in [1.82, 2.24) is 0 Å². The van der Waals surface area contributed by atoms with Crippen LogP contribution in [0.4, 0.5) is 5.00 Å². The van der Waals surface area contributed by atoms with Gasteiger partial charge in [-0.05, 0) is 25.3 Å². The van der Waals surface area contributed by atoms with E-state index < -0.39 is 0 Å². The number of anilines is 1. The minimum absolute atomic E-state index is 0.0455. The first kappa shape index (κ1) is 15.7. The van der Waals surface area contributed by atoms with Crippen LogP contribution in [0.5, 0.6) is 0 Å². The minimum atomic E-state index is -0.382. The Bertz CT molecular complexity index is 466. The van der Waals surface area contributed by atoms with E-state index in [-0.39, 0.29) is 11.9 Å². The lowest BCUT2D eigenvalue weighted by molar-refractivity contribution is -0.116. The number of hydrogen-bond donors (Lipinski definition) is 1. The number of methoxy groups -OCH3 is 1. The summed E-state index contributed by atoms with van der Waals surface area (Å²) in [6, 6.07) is 0. The SMILES string of the molecule is CCCCC(=O)Nc1sc(C)c(CC)c1C(=O)OC. The van der Waals surface area contributed by atoms with E-state index in [0.717, 1.165) is 29.7 Å². The molecule has 0 aliphatic rings. The van der Waals surface area contributed by atoms with Crippen molar-refractivity contribution in [2.45, 2.75) is 46.5 Å². The second kappa shape index (κ2) is 7.28. The normalized spacial score (nSPS) is 10.3. The molecule has 1 aromatic heterocycles. The van der Waals surface area contributed by atoms with Gasteiger partial charge < -0.3 is 10.1 Å². The molecule has 0 fully saturated rings. The Balaban J connectivity index is 3.00. The number of ether oxygens (including phenoxy) is 1. The Morgan fingerprint density at radius 2 is 2.00 bits per heavy atom. The zero-order valence-corrected chi connectivity index (χ0v) is 12.8. The van der Waals surface area contributed by atoms with E-state index in [1.165, 1.54) is 18.4 Å². The third-order valence-electron chi connectivity index (χ3n) is 2.96. The second-order valence-corrected chi connectivity index (χ2v) is 5.56. The first-order valence-electron chi connectivity index (χ1n) is 6.55. The number of thiophene rings is 1. The molecule has 1 amide bonds. The van der Waals surface area contributed by atoms with Crippen molar-refractivity contribution in [3.05, 3.63) is 16.0 Å². The molecule has 0 atom stereocenters. The lowest BCUT2D eigenvalue weighted by atomic mass is 10.1. The van der Waals surface area contributed by atoms with Crippen LogP contribution in [0.2, 0.25) is 0 Å². The summed E-state index contributed by atoms with van der Waals surface area (Å²) in [7, 11) is 1.36. The third kappa shape index (κ3) is 3.80. The molecule has 1 aromatic rings. The van der Waals surface area contributed by atoms with Gasteiger partial charge in [0.25, 0.3) is 0 Å². The van der Waals surface area contributed by atoms with Crippen molar-refractivity contribution in [1.29, 1.82) is 0 Å². The number of carbonyl (C=O) groups excluding carboxylic acids is 2. The van der Waals surface area contributed by atoms with Crippen LogP contribution in [-0.4, -0.2) is 19.0 Å². The highest BCUT2D eigenvalue weighted by Crippen LogP contribution is 2.34. The molecule has 4 nitrogen and oxygen atoms in total. The zero-order chi connectivity index (χ0) is 14.4. The van der Waals surface area contributed by atoms with Crippen molar-refractivity contribution >= 4 is 28.2 Å². The molecule has 0 saturated carbocycles. The Morgan fingerprint density at radius 1 is 1.32 bits per heavy atom. The lowest BCUT2D eigenvalue weighted by Crippen LogP contribution is -2.14. The molecule has 5 heteroatoms. The van der Waals surface area contributed by atoms with Crippen molar-refractivity contribution < 1.29 is 14.3 Å². The van der Waals surface area contributed by atoms with E-state index in [4.69, 9.17) is 4.74 Å². The van der Waals surface area contributed by atoms with Crippen molar-refractivity contribution in [3.63, 3.8) is 0 Å². The summed E-state index contributed by atoms with van der Waals surface area (Å²) in [5, 5.41) is 3.45. The van der Waals surface area contributed by atoms with Crippen LogP contribution >= 0.6 is 11.3 Å². The third-order valence-corrected chi connectivity index (χ3v) is 4.03. The highest BCUT2D eigenvalue weighted by molar-refractivity contribution is 7.16. The standard InChI is InChI=1S/C14H21NO3S/c1-5-7-8-11(16)15-13-12(14(17)18-4)10(6-2)9(3)19-13/h5-8H2,1-4H3,(H,15,16). The van der Waals surface area contributed by atoms with Gasteiger partial charge in [0.1, 0.15) is 5.00 Å². The molecule has 0 radical (unpaired) electrons. The van der Waals surface area contributed by atoms with Crippen LogP contribution < -0.4 is 5.32 Å². The van der Waals surface area contributed by atoms with Crippen molar-refractivity contribution in [3.8, 4) is 0 Å². The van der Waals surface area contributed by atoms with Crippen molar-refractivity contribution in [2.75, 3.05) is 12.4 Å².